The summed E-state index contributed by atoms with van der Waals surface area (Å²) in [7, 11) is 0. The minimum atomic E-state index is 0.840. The topological polar surface area (TPSA) is 26.0 Å². The highest BCUT2D eigenvalue weighted by Gasteiger charge is 1.85. The van der Waals surface area contributed by atoms with Crippen LogP contribution in [0, 0.1) is 0 Å². The third-order valence-electron chi connectivity index (χ3n) is 2.22. The summed E-state index contributed by atoms with van der Waals surface area (Å²) in [6, 6.07) is 20.0. The highest BCUT2D eigenvalue weighted by molar-refractivity contribution is 5.39. The molecule has 0 aliphatic heterocycles. The predicted octanol–water partition coefficient (Wildman–Crippen LogP) is 4.88. The zero-order valence-electron chi connectivity index (χ0n) is 11.6. The van der Waals surface area contributed by atoms with E-state index in [1.165, 1.54) is 5.56 Å². The number of nitrogen functional groups attached to an aromatic ring is 1. The van der Waals surface area contributed by atoms with Crippen molar-refractivity contribution >= 4 is 5.69 Å². The molecule has 2 aromatic carbocycles. The number of benzene rings is 2. The van der Waals surface area contributed by atoms with E-state index in [0.717, 1.165) is 12.1 Å². The van der Waals surface area contributed by atoms with Crippen LogP contribution in [0.4, 0.5) is 5.69 Å². The fourth-order valence-corrected chi connectivity index (χ4v) is 1.14. The second kappa shape index (κ2) is 12.2. The van der Waals surface area contributed by atoms with Crippen molar-refractivity contribution in [1.82, 2.24) is 0 Å². The molecule has 0 spiro atoms. The van der Waals surface area contributed by atoms with Gasteiger partial charge in [0.25, 0.3) is 0 Å². The molecule has 1 nitrogen and oxygen atoms in total. The summed E-state index contributed by atoms with van der Waals surface area (Å²) in [6.45, 7) is 8.85. The summed E-state index contributed by atoms with van der Waals surface area (Å²) in [5, 5.41) is 0. The third kappa shape index (κ3) is 10.6. The van der Waals surface area contributed by atoms with E-state index in [2.05, 4.69) is 32.2 Å². The molecule has 100 valence electrons. The molecule has 0 saturated carbocycles. The molecule has 0 bridgehead atoms. The summed E-state index contributed by atoms with van der Waals surface area (Å²) < 4.78 is 0. The molecule has 19 heavy (non-hydrogen) atoms. The van der Waals surface area contributed by atoms with Gasteiger partial charge in [0.15, 0.2) is 0 Å². The van der Waals surface area contributed by atoms with Crippen LogP contribution in [0.1, 0.15) is 12.5 Å². The van der Waals surface area contributed by atoms with E-state index in [0.29, 0.717) is 0 Å². The molecule has 0 amide bonds. The first-order chi connectivity index (χ1) is 9.24. The van der Waals surface area contributed by atoms with Crippen LogP contribution in [0.15, 0.2) is 86.0 Å². The van der Waals surface area contributed by atoms with E-state index in [9.17, 15) is 0 Å². The Hall–Kier alpha value is -2.28. The molecule has 2 aromatic rings. The first kappa shape index (κ1) is 16.7. The lowest BCUT2D eigenvalue weighted by molar-refractivity contribution is 1.14. The van der Waals surface area contributed by atoms with Gasteiger partial charge in [0.05, 0.1) is 0 Å². The van der Waals surface area contributed by atoms with Gasteiger partial charge in [-0.15, -0.1) is 0 Å². The Morgan fingerprint density at radius 3 is 1.47 bits per heavy atom. The summed E-state index contributed by atoms with van der Waals surface area (Å²) in [6.07, 6.45) is 4.36. The van der Waals surface area contributed by atoms with Crippen molar-refractivity contribution in [3.8, 4) is 0 Å². The molecule has 0 heterocycles. The average Bonchev–Trinajstić information content (AvgIpc) is 2.51. The Bertz CT molecular complexity index is 396. The van der Waals surface area contributed by atoms with Crippen LogP contribution in [0.5, 0.6) is 0 Å². The van der Waals surface area contributed by atoms with Gasteiger partial charge in [0.2, 0.25) is 0 Å². The molecule has 0 fully saturated rings. The molecular weight excluding hydrogens is 230 g/mol. The van der Waals surface area contributed by atoms with Crippen LogP contribution >= 0.6 is 0 Å². The summed E-state index contributed by atoms with van der Waals surface area (Å²) in [5.74, 6) is 0. The fourth-order valence-electron chi connectivity index (χ4n) is 1.14. The van der Waals surface area contributed by atoms with Crippen molar-refractivity contribution in [1.29, 1.82) is 0 Å². The first-order valence-electron chi connectivity index (χ1n) is 6.32. The molecule has 0 aliphatic rings. The number of rotatable bonds is 2. The van der Waals surface area contributed by atoms with E-state index in [4.69, 9.17) is 5.73 Å². The molecule has 0 saturated heterocycles. The maximum absolute atomic E-state index is 5.48. The molecule has 0 atom stereocenters. The quantitative estimate of drug-likeness (QED) is 0.599. The van der Waals surface area contributed by atoms with Crippen LogP contribution < -0.4 is 5.73 Å². The monoisotopic (exact) mass is 253 g/mol. The molecular formula is C18H23N. The Morgan fingerprint density at radius 2 is 1.21 bits per heavy atom. The Kier molecular flexibility index (Phi) is 10.7. The Morgan fingerprint density at radius 1 is 0.842 bits per heavy atom. The van der Waals surface area contributed by atoms with E-state index in [1.807, 2.05) is 48.5 Å². The van der Waals surface area contributed by atoms with E-state index in [1.54, 1.807) is 12.2 Å². The van der Waals surface area contributed by atoms with Gasteiger partial charge in [-0.05, 0) is 24.1 Å². The SMILES string of the molecule is C=CC=C.CCc1ccc(N)cc1.c1ccccc1. The van der Waals surface area contributed by atoms with Gasteiger partial charge in [-0.2, -0.15) is 0 Å². The van der Waals surface area contributed by atoms with Gasteiger partial charge in [0.1, 0.15) is 0 Å². The molecule has 0 aliphatic carbocycles. The van der Waals surface area contributed by atoms with Crippen molar-refractivity contribution in [3.63, 3.8) is 0 Å². The average molecular weight is 253 g/mol. The van der Waals surface area contributed by atoms with E-state index in [-0.39, 0.29) is 0 Å². The highest BCUT2D eigenvalue weighted by Crippen LogP contribution is 2.04. The lowest BCUT2D eigenvalue weighted by Gasteiger charge is -1.94. The summed E-state index contributed by atoms with van der Waals surface area (Å²) >= 11 is 0. The second-order valence-electron chi connectivity index (χ2n) is 3.72. The Balaban J connectivity index is 0.000000281. The normalized spacial score (nSPS) is 8.05. The van der Waals surface area contributed by atoms with Gasteiger partial charge in [-0.25, -0.2) is 0 Å². The maximum Gasteiger partial charge on any atom is 0.0314 e. The van der Waals surface area contributed by atoms with E-state index < -0.39 is 0 Å². The second-order valence-corrected chi connectivity index (χ2v) is 3.72. The molecule has 0 unspecified atom stereocenters. The van der Waals surface area contributed by atoms with Crippen molar-refractivity contribution in [2.24, 2.45) is 0 Å². The van der Waals surface area contributed by atoms with Crippen LogP contribution in [0.2, 0.25) is 0 Å². The summed E-state index contributed by atoms with van der Waals surface area (Å²) in [5.41, 5.74) is 7.66. The predicted molar refractivity (Wildman–Crippen MR) is 87.1 cm³/mol. The van der Waals surface area contributed by atoms with Crippen molar-refractivity contribution in [2.45, 2.75) is 13.3 Å². The van der Waals surface area contributed by atoms with Gasteiger partial charge >= 0.3 is 0 Å². The number of anilines is 1. The largest absolute Gasteiger partial charge is 0.399 e. The minimum absolute atomic E-state index is 0.840. The maximum atomic E-state index is 5.48. The van der Waals surface area contributed by atoms with Crippen LogP contribution in [-0.2, 0) is 6.42 Å². The van der Waals surface area contributed by atoms with Crippen molar-refractivity contribution < 1.29 is 0 Å². The standard InChI is InChI=1S/C8H11N.C6H6.C4H6/c1-2-7-3-5-8(9)6-4-7;1-2-4-6-5-3-1;1-3-4-2/h3-6H,2,9H2,1H3;1-6H;3-4H,1-2H2. The third-order valence-corrected chi connectivity index (χ3v) is 2.22. The number of aryl methyl sites for hydroxylation is 1. The van der Waals surface area contributed by atoms with Crippen LogP contribution in [0.25, 0.3) is 0 Å². The van der Waals surface area contributed by atoms with Gasteiger partial charge in [-0.3, -0.25) is 0 Å². The molecule has 2 N–H and O–H groups in total. The zero-order chi connectivity index (χ0) is 14.3. The molecule has 0 aromatic heterocycles. The number of nitrogens with two attached hydrogens (primary N) is 1. The smallest absolute Gasteiger partial charge is 0.0314 e. The van der Waals surface area contributed by atoms with Crippen molar-refractivity contribution in [3.05, 3.63) is 91.5 Å². The molecule has 1 heteroatoms. The van der Waals surface area contributed by atoms with Crippen molar-refractivity contribution in [2.75, 3.05) is 5.73 Å². The first-order valence-corrected chi connectivity index (χ1v) is 6.32. The number of hydrogen-bond acceptors (Lipinski definition) is 1. The van der Waals surface area contributed by atoms with Gasteiger partial charge in [0, 0.05) is 5.69 Å². The Labute approximate surface area is 117 Å². The molecule has 0 radical (unpaired) electrons. The van der Waals surface area contributed by atoms with Crippen LogP contribution in [-0.4, -0.2) is 0 Å². The minimum Gasteiger partial charge on any atom is -0.399 e. The van der Waals surface area contributed by atoms with Crippen LogP contribution in [0.3, 0.4) is 0 Å². The lowest BCUT2D eigenvalue weighted by atomic mass is 10.2. The lowest BCUT2D eigenvalue weighted by Crippen LogP contribution is -1.84. The zero-order valence-corrected chi connectivity index (χ0v) is 11.6. The van der Waals surface area contributed by atoms with Gasteiger partial charge < -0.3 is 5.73 Å². The van der Waals surface area contributed by atoms with Gasteiger partial charge in [-0.1, -0.05) is 80.8 Å². The summed E-state index contributed by atoms with van der Waals surface area (Å²) in [4.78, 5) is 0. The highest BCUT2D eigenvalue weighted by atomic mass is 14.5. The number of hydrogen-bond donors (Lipinski definition) is 1. The van der Waals surface area contributed by atoms with E-state index >= 15 is 0 Å². The molecule has 2 rings (SSSR count). The fraction of sp³-hybridized carbons (Fsp3) is 0.111. The number of allylic oxidation sites excluding steroid dienone is 2.